The average molecular weight is 464 g/mol. The summed E-state index contributed by atoms with van der Waals surface area (Å²) in [5, 5.41) is 5.36. The van der Waals surface area contributed by atoms with Gasteiger partial charge in [-0.05, 0) is 31.5 Å². The molecule has 1 aliphatic heterocycles. The minimum atomic E-state index is -0.453. The number of amides is 1. The number of piperazine rings is 1. The van der Waals surface area contributed by atoms with Crippen LogP contribution >= 0.6 is 11.3 Å². The van der Waals surface area contributed by atoms with Gasteiger partial charge in [-0.2, -0.15) is 0 Å². The SMILES string of the molecule is COC(=O)c1c(-c2ccccc2)csc1NC(=O)CN1CCN(c2ccc(C)cc2)C(C)C1. The van der Waals surface area contributed by atoms with Crippen LogP contribution in [0.2, 0.25) is 0 Å². The van der Waals surface area contributed by atoms with Gasteiger partial charge in [0.05, 0.1) is 13.7 Å². The highest BCUT2D eigenvalue weighted by Crippen LogP contribution is 2.36. The van der Waals surface area contributed by atoms with Gasteiger partial charge in [-0.15, -0.1) is 11.3 Å². The summed E-state index contributed by atoms with van der Waals surface area (Å²) in [5.74, 6) is -0.580. The van der Waals surface area contributed by atoms with Gasteiger partial charge in [0.2, 0.25) is 5.91 Å². The highest BCUT2D eigenvalue weighted by molar-refractivity contribution is 7.15. The number of carbonyl (C=O) groups is 2. The van der Waals surface area contributed by atoms with E-state index in [2.05, 4.69) is 53.2 Å². The predicted octanol–water partition coefficient (Wildman–Crippen LogP) is 4.66. The third-order valence-corrected chi connectivity index (χ3v) is 6.86. The first-order chi connectivity index (χ1) is 16.0. The van der Waals surface area contributed by atoms with Crippen molar-refractivity contribution >= 4 is 33.9 Å². The number of methoxy groups -OCH3 is 1. The lowest BCUT2D eigenvalue weighted by molar-refractivity contribution is -0.117. The number of esters is 1. The maximum Gasteiger partial charge on any atom is 0.341 e. The Morgan fingerprint density at radius 1 is 1.09 bits per heavy atom. The van der Waals surface area contributed by atoms with Crippen LogP contribution in [0.5, 0.6) is 0 Å². The van der Waals surface area contributed by atoms with E-state index in [0.29, 0.717) is 16.6 Å². The summed E-state index contributed by atoms with van der Waals surface area (Å²) in [6.07, 6.45) is 0. The first-order valence-corrected chi connectivity index (χ1v) is 11.9. The lowest BCUT2D eigenvalue weighted by Crippen LogP contribution is -2.53. The molecule has 0 radical (unpaired) electrons. The summed E-state index contributed by atoms with van der Waals surface area (Å²) < 4.78 is 5.00. The van der Waals surface area contributed by atoms with Gasteiger partial charge in [0.1, 0.15) is 10.6 Å². The van der Waals surface area contributed by atoms with Gasteiger partial charge in [-0.1, -0.05) is 48.0 Å². The van der Waals surface area contributed by atoms with Crippen molar-refractivity contribution in [1.29, 1.82) is 0 Å². The Hall–Kier alpha value is -3.16. The third-order valence-electron chi connectivity index (χ3n) is 5.96. The van der Waals surface area contributed by atoms with Gasteiger partial charge in [0.25, 0.3) is 0 Å². The van der Waals surface area contributed by atoms with Gasteiger partial charge < -0.3 is 15.0 Å². The van der Waals surface area contributed by atoms with Gasteiger partial charge in [-0.25, -0.2) is 4.79 Å². The molecule has 1 aliphatic rings. The number of nitrogens with zero attached hydrogens (tertiary/aromatic N) is 2. The molecule has 0 bridgehead atoms. The molecule has 1 unspecified atom stereocenters. The van der Waals surface area contributed by atoms with E-state index in [-0.39, 0.29) is 12.5 Å². The van der Waals surface area contributed by atoms with Gasteiger partial charge in [0, 0.05) is 42.3 Å². The van der Waals surface area contributed by atoms with Crippen LogP contribution in [0, 0.1) is 6.92 Å². The zero-order valence-corrected chi connectivity index (χ0v) is 20.0. The molecule has 2 aromatic carbocycles. The molecule has 1 saturated heterocycles. The van der Waals surface area contributed by atoms with Crippen molar-refractivity contribution in [2.24, 2.45) is 0 Å². The Morgan fingerprint density at radius 2 is 1.82 bits per heavy atom. The molecule has 33 heavy (non-hydrogen) atoms. The maximum atomic E-state index is 12.9. The molecule has 1 atom stereocenters. The van der Waals surface area contributed by atoms with Crippen LogP contribution in [0.3, 0.4) is 0 Å². The largest absolute Gasteiger partial charge is 0.465 e. The molecule has 6 nitrogen and oxygen atoms in total. The smallest absolute Gasteiger partial charge is 0.341 e. The molecule has 0 aliphatic carbocycles. The lowest BCUT2D eigenvalue weighted by atomic mass is 10.0. The highest BCUT2D eigenvalue weighted by Gasteiger charge is 2.27. The monoisotopic (exact) mass is 463 g/mol. The van der Waals surface area contributed by atoms with Crippen LogP contribution in [0.1, 0.15) is 22.8 Å². The second-order valence-corrected chi connectivity index (χ2v) is 9.25. The molecule has 3 aromatic rings. The molecule has 7 heteroatoms. The number of anilines is 2. The molecule has 0 saturated carbocycles. The summed E-state index contributed by atoms with van der Waals surface area (Å²) >= 11 is 1.34. The second kappa shape index (κ2) is 10.2. The van der Waals surface area contributed by atoms with Crippen molar-refractivity contribution in [3.05, 3.63) is 71.1 Å². The zero-order chi connectivity index (χ0) is 23.4. The van der Waals surface area contributed by atoms with Crippen molar-refractivity contribution in [3.63, 3.8) is 0 Å². The fourth-order valence-corrected chi connectivity index (χ4v) is 5.22. The van der Waals surface area contributed by atoms with E-state index in [0.717, 1.165) is 30.8 Å². The Labute approximate surface area is 198 Å². The normalized spacial score (nSPS) is 16.5. The molecule has 1 N–H and O–H groups in total. The van der Waals surface area contributed by atoms with Gasteiger partial charge in [-0.3, -0.25) is 9.69 Å². The first kappa shape index (κ1) is 23.0. The van der Waals surface area contributed by atoms with E-state index in [1.165, 1.54) is 29.7 Å². The number of nitrogens with one attached hydrogen (secondary N) is 1. The molecule has 4 rings (SSSR count). The van der Waals surface area contributed by atoms with E-state index in [1.807, 2.05) is 35.7 Å². The van der Waals surface area contributed by atoms with Gasteiger partial charge >= 0.3 is 5.97 Å². The minimum Gasteiger partial charge on any atom is -0.465 e. The van der Waals surface area contributed by atoms with E-state index in [9.17, 15) is 9.59 Å². The molecule has 1 fully saturated rings. The van der Waals surface area contributed by atoms with E-state index in [1.54, 1.807) is 0 Å². The van der Waals surface area contributed by atoms with Crippen LogP contribution in [-0.2, 0) is 9.53 Å². The van der Waals surface area contributed by atoms with Crippen LogP contribution in [0.15, 0.2) is 60.0 Å². The summed E-state index contributed by atoms with van der Waals surface area (Å²) in [6, 6.07) is 18.5. The summed E-state index contributed by atoms with van der Waals surface area (Å²) in [6.45, 7) is 7.02. The topological polar surface area (TPSA) is 61.9 Å². The molecule has 1 amide bonds. The van der Waals surface area contributed by atoms with E-state index < -0.39 is 5.97 Å². The number of hydrogen-bond donors (Lipinski definition) is 1. The van der Waals surface area contributed by atoms with E-state index in [4.69, 9.17) is 4.74 Å². The molecular weight excluding hydrogens is 434 g/mol. The number of aryl methyl sites for hydroxylation is 1. The second-order valence-electron chi connectivity index (χ2n) is 8.37. The number of thiophene rings is 1. The number of hydrogen-bond acceptors (Lipinski definition) is 6. The third kappa shape index (κ3) is 5.26. The highest BCUT2D eigenvalue weighted by atomic mass is 32.1. The van der Waals surface area contributed by atoms with Crippen LogP contribution in [0.4, 0.5) is 10.7 Å². The number of benzene rings is 2. The van der Waals surface area contributed by atoms with Crippen molar-refractivity contribution < 1.29 is 14.3 Å². The molecular formula is C26H29N3O3S. The van der Waals surface area contributed by atoms with Crippen LogP contribution in [0.25, 0.3) is 11.1 Å². The lowest BCUT2D eigenvalue weighted by Gasteiger charge is -2.41. The fourth-order valence-electron chi connectivity index (χ4n) is 4.25. The molecule has 0 spiro atoms. The Balaban J connectivity index is 1.42. The van der Waals surface area contributed by atoms with Crippen molar-refractivity contribution in [3.8, 4) is 11.1 Å². The Morgan fingerprint density at radius 3 is 2.48 bits per heavy atom. The summed E-state index contributed by atoms with van der Waals surface area (Å²) in [7, 11) is 1.36. The van der Waals surface area contributed by atoms with Crippen molar-refractivity contribution in [2.75, 3.05) is 43.5 Å². The van der Waals surface area contributed by atoms with Crippen molar-refractivity contribution in [1.82, 2.24) is 4.90 Å². The number of carbonyl (C=O) groups excluding carboxylic acids is 2. The zero-order valence-electron chi connectivity index (χ0n) is 19.2. The predicted molar refractivity (Wildman–Crippen MR) is 134 cm³/mol. The average Bonchev–Trinajstić information content (AvgIpc) is 3.23. The van der Waals surface area contributed by atoms with Crippen molar-refractivity contribution in [2.45, 2.75) is 19.9 Å². The maximum absolute atomic E-state index is 12.9. The van der Waals surface area contributed by atoms with E-state index >= 15 is 0 Å². The molecule has 1 aromatic heterocycles. The Bertz CT molecular complexity index is 1110. The van der Waals surface area contributed by atoms with Gasteiger partial charge in [0.15, 0.2) is 0 Å². The molecule has 172 valence electrons. The summed E-state index contributed by atoms with van der Waals surface area (Å²) in [4.78, 5) is 29.9. The fraction of sp³-hybridized carbons (Fsp3) is 0.308. The van der Waals surface area contributed by atoms with Crippen LogP contribution in [-0.4, -0.2) is 56.1 Å². The first-order valence-electron chi connectivity index (χ1n) is 11.1. The Kier molecular flexibility index (Phi) is 7.11. The van der Waals surface area contributed by atoms with Crippen LogP contribution < -0.4 is 10.2 Å². The molecule has 2 heterocycles. The quantitative estimate of drug-likeness (QED) is 0.539. The standard InChI is InChI=1S/C26H29N3O3S/c1-18-9-11-21(12-10-18)29-14-13-28(15-19(29)2)16-23(30)27-25-24(26(31)32-3)22(17-33-25)20-7-5-4-6-8-20/h4-12,17,19H,13-16H2,1-3H3,(H,27,30). The summed E-state index contributed by atoms with van der Waals surface area (Å²) in [5.41, 5.74) is 4.54. The number of ether oxygens (including phenoxy) is 1. The minimum absolute atomic E-state index is 0.127. The number of rotatable bonds is 6.